The van der Waals surface area contributed by atoms with Crippen molar-refractivity contribution >= 4 is 9.84 Å². The molecule has 1 unspecified atom stereocenters. The van der Waals surface area contributed by atoms with Gasteiger partial charge >= 0.3 is 6.18 Å². The number of sulfone groups is 1. The molecule has 1 fully saturated rings. The molecule has 3 N–H and O–H groups in total. The van der Waals surface area contributed by atoms with Crippen LogP contribution in [0.5, 0.6) is 5.75 Å². The number of alkyl halides is 3. The Kier molecular flexibility index (Phi) is 7.57. The van der Waals surface area contributed by atoms with Crippen LogP contribution in [0, 0.1) is 6.92 Å². The summed E-state index contributed by atoms with van der Waals surface area (Å²) in [4.78, 5) is 7.74. The number of halogens is 3. The van der Waals surface area contributed by atoms with Gasteiger partial charge in [0.15, 0.2) is 11.9 Å². The van der Waals surface area contributed by atoms with Gasteiger partial charge in [-0.3, -0.25) is 4.98 Å². The zero-order valence-electron chi connectivity index (χ0n) is 18.2. The van der Waals surface area contributed by atoms with Crippen LogP contribution in [0.25, 0.3) is 0 Å². The van der Waals surface area contributed by atoms with Crippen molar-refractivity contribution in [2.24, 2.45) is 5.73 Å². The monoisotopic (exact) mass is 480 g/mol. The molecule has 0 amide bonds. The van der Waals surface area contributed by atoms with Crippen molar-refractivity contribution in [3.8, 4) is 5.75 Å². The fourth-order valence-corrected chi connectivity index (χ4v) is 4.23. The summed E-state index contributed by atoms with van der Waals surface area (Å²) in [6.07, 6.45) is -0.609. The van der Waals surface area contributed by atoms with E-state index < -0.39 is 33.3 Å². The lowest BCUT2D eigenvalue weighted by Gasteiger charge is -2.37. The number of aromatic nitrogens is 3. The Balaban J connectivity index is 0.000000235. The third kappa shape index (κ3) is 6.87. The van der Waals surface area contributed by atoms with Gasteiger partial charge in [-0.05, 0) is 39.2 Å². The molecule has 180 valence electrons. The Morgan fingerprint density at radius 1 is 1.38 bits per heavy atom. The molecule has 1 aliphatic rings. The minimum atomic E-state index is -4.43. The second-order valence-electron chi connectivity index (χ2n) is 8.18. The van der Waals surface area contributed by atoms with Gasteiger partial charge in [0.05, 0.1) is 16.9 Å². The third-order valence-electron chi connectivity index (χ3n) is 4.83. The van der Waals surface area contributed by atoms with Crippen molar-refractivity contribution < 1.29 is 36.0 Å². The molecule has 1 saturated carbocycles. The molecule has 0 radical (unpaired) electrons. The number of nitrogens with two attached hydrogens (primary N) is 1. The smallest absolute Gasteiger partial charge is 0.425 e. The molecule has 2 aromatic heterocycles. The number of pyridine rings is 1. The molecular weight excluding hydrogens is 453 g/mol. The lowest BCUT2D eigenvalue weighted by atomic mass is 9.75. The van der Waals surface area contributed by atoms with E-state index in [1.165, 1.54) is 18.5 Å². The number of aryl methyl sites for hydroxylation is 1. The van der Waals surface area contributed by atoms with Gasteiger partial charge in [0, 0.05) is 31.1 Å². The number of hydrogen-bond donors (Lipinski definition) is 2. The highest BCUT2D eigenvalue weighted by Crippen LogP contribution is 2.44. The maximum atomic E-state index is 12.5. The van der Waals surface area contributed by atoms with Crippen LogP contribution in [0.15, 0.2) is 23.0 Å². The molecule has 2 atom stereocenters. The summed E-state index contributed by atoms with van der Waals surface area (Å²) in [5.41, 5.74) is 3.92. The van der Waals surface area contributed by atoms with Gasteiger partial charge in [-0.15, -0.1) is 0 Å². The van der Waals surface area contributed by atoms with E-state index >= 15 is 0 Å². The quantitative estimate of drug-likeness (QED) is 0.637. The van der Waals surface area contributed by atoms with E-state index in [1.807, 2.05) is 0 Å². The highest BCUT2D eigenvalue weighted by Gasteiger charge is 2.42. The van der Waals surface area contributed by atoms with Crippen molar-refractivity contribution in [3.63, 3.8) is 0 Å². The molecule has 32 heavy (non-hydrogen) atoms. The normalized spacial score (nSPS) is 18.5. The first-order valence-corrected chi connectivity index (χ1v) is 11.8. The van der Waals surface area contributed by atoms with Gasteiger partial charge in [0.1, 0.15) is 15.6 Å². The topological polar surface area (TPSA) is 141 Å². The Morgan fingerprint density at radius 2 is 2.00 bits per heavy atom. The molecule has 0 aliphatic heterocycles. The minimum Gasteiger partial charge on any atom is -0.481 e. The van der Waals surface area contributed by atoms with E-state index in [-0.39, 0.29) is 17.3 Å². The molecule has 0 spiro atoms. The summed E-state index contributed by atoms with van der Waals surface area (Å²) in [7, 11) is -3.17. The maximum Gasteiger partial charge on any atom is 0.425 e. The van der Waals surface area contributed by atoms with Crippen LogP contribution in [-0.2, 0) is 21.0 Å². The molecule has 0 bridgehead atoms. The number of hydrogen-bond acceptors (Lipinski definition) is 9. The van der Waals surface area contributed by atoms with Gasteiger partial charge < -0.3 is 20.1 Å². The first-order chi connectivity index (χ1) is 14.5. The van der Waals surface area contributed by atoms with Crippen LogP contribution in [0.2, 0.25) is 0 Å². The average Bonchev–Trinajstić information content (AvgIpc) is 3.05. The highest BCUT2D eigenvalue weighted by atomic mass is 32.2. The SMILES string of the molecule is C[C@H](Oc1ccncc1C1(O)CCC1)C(F)(F)F.Cc1nc(C(C)(N)CS(C)(=O)=O)no1. The summed E-state index contributed by atoms with van der Waals surface area (Å²) in [6.45, 7) is 4.11. The van der Waals surface area contributed by atoms with Crippen molar-refractivity contribution in [2.45, 2.75) is 63.5 Å². The standard InChI is InChI=1S/C12H14F3NO2.C7H13N3O3S/c1-8(12(13,14)15)18-10-3-6-16-7-9(10)11(17)4-2-5-11;1-5-9-6(10-13-5)7(2,8)4-14(3,11)12/h3,6-8,17H,2,4-5H2,1H3;4,8H2,1-3H3/t8-;/m0./s1. The second-order valence-corrected chi connectivity index (χ2v) is 10.3. The molecule has 2 aromatic rings. The van der Waals surface area contributed by atoms with E-state index in [2.05, 4.69) is 15.1 Å². The van der Waals surface area contributed by atoms with Gasteiger partial charge in [-0.2, -0.15) is 18.2 Å². The lowest BCUT2D eigenvalue weighted by Crippen LogP contribution is -2.41. The van der Waals surface area contributed by atoms with Gasteiger partial charge in [-0.1, -0.05) is 5.16 Å². The maximum absolute atomic E-state index is 12.5. The van der Waals surface area contributed by atoms with Crippen molar-refractivity contribution in [1.29, 1.82) is 0 Å². The Labute approximate surface area is 184 Å². The molecule has 2 heterocycles. The van der Waals surface area contributed by atoms with E-state index in [0.717, 1.165) is 19.6 Å². The summed E-state index contributed by atoms with van der Waals surface area (Å²) in [5, 5.41) is 13.8. The molecule has 3 rings (SSSR count). The second kappa shape index (κ2) is 9.32. The first kappa shape index (κ1) is 26.0. The fraction of sp³-hybridized carbons (Fsp3) is 0.632. The van der Waals surface area contributed by atoms with E-state index in [1.54, 1.807) is 13.8 Å². The molecule has 1 aliphatic carbocycles. The van der Waals surface area contributed by atoms with Crippen LogP contribution in [0.4, 0.5) is 13.2 Å². The Bertz CT molecular complexity index is 1020. The summed E-state index contributed by atoms with van der Waals surface area (Å²) in [6, 6.07) is 1.36. The Hall–Kier alpha value is -2.25. The highest BCUT2D eigenvalue weighted by molar-refractivity contribution is 7.90. The zero-order chi connectivity index (χ0) is 24.4. The van der Waals surface area contributed by atoms with Gasteiger partial charge in [0.2, 0.25) is 5.89 Å². The van der Waals surface area contributed by atoms with Crippen LogP contribution in [-0.4, -0.2) is 52.9 Å². The molecule has 9 nitrogen and oxygen atoms in total. The van der Waals surface area contributed by atoms with Crippen molar-refractivity contribution in [1.82, 2.24) is 15.1 Å². The molecular formula is C19H27F3N4O5S. The van der Waals surface area contributed by atoms with E-state index in [9.17, 15) is 26.7 Å². The first-order valence-electron chi connectivity index (χ1n) is 9.71. The predicted octanol–water partition coefficient (Wildman–Crippen LogP) is 2.38. The predicted molar refractivity (Wildman–Crippen MR) is 108 cm³/mol. The van der Waals surface area contributed by atoms with Crippen LogP contribution < -0.4 is 10.5 Å². The molecule has 0 saturated heterocycles. The van der Waals surface area contributed by atoms with Gasteiger partial charge in [-0.25, -0.2) is 8.42 Å². The molecule has 13 heteroatoms. The molecule has 0 aromatic carbocycles. The number of rotatable bonds is 6. The summed E-state index contributed by atoms with van der Waals surface area (Å²) in [5.74, 6) is 0.418. The van der Waals surface area contributed by atoms with E-state index in [0.29, 0.717) is 24.3 Å². The van der Waals surface area contributed by atoms with Crippen LogP contribution in [0.3, 0.4) is 0 Å². The summed E-state index contributed by atoms with van der Waals surface area (Å²) < 4.78 is 69.1. The number of nitrogens with zero attached hydrogens (tertiary/aromatic N) is 3. The van der Waals surface area contributed by atoms with Crippen molar-refractivity contribution in [2.75, 3.05) is 12.0 Å². The minimum absolute atomic E-state index is 0.0528. The Morgan fingerprint density at radius 3 is 2.44 bits per heavy atom. The van der Waals surface area contributed by atoms with Gasteiger partial charge in [0.25, 0.3) is 0 Å². The summed E-state index contributed by atoms with van der Waals surface area (Å²) >= 11 is 0. The van der Waals surface area contributed by atoms with Crippen molar-refractivity contribution in [3.05, 3.63) is 35.7 Å². The lowest BCUT2D eigenvalue weighted by molar-refractivity contribution is -0.190. The van der Waals surface area contributed by atoms with E-state index in [4.69, 9.17) is 15.0 Å². The van der Waals surface area contributed by atoms with Crippen LogP contribution in [0.1, 0.15) is 50.4 Å². The number of ether oxygens (including phenoxy) is 1. The fourth-order valence-electron chi connectivity index (χ4n) is 3.01. The third-order valence-corrected chi connectivity index (χ3v) is 5.95. The average molecular weight is 481 g/mol. The number of aliphatic hydroxyl groups is 1. The van der Waals surface area contributed by atoms with Crippen LogP contribution >= 0.6 is 0 Å². The zero-order valence-corrected chi connectivity index (χ0v) is 19.0. The largest absolute Gasteiger partial charge is 0.481 e.